The van der Waals surface area contributed by atoms with E-state index in [4.69, 9.17) is 0 Å². The Labute approximate surface area is 136 Å². The van der Waals surface area contributed by atoms with E-state index in [9.17, 15) is 19.5 Å². The van der Waals surface area contributed by atoms with Gasteiger partial charge in [0.1, 0.15) is 6.04 Å². The average molecular weight is 320 g/mol. The highest BCUT2D eigenvalue weighted by molar-refractivity contribution is 6.00. The molecule has 23 heavy (non-hydrogen) atoms. The van der Waals surface area contributed by atoms with Crippen molar-refractivity contribution in [2.75, 3.05) is 7.05 Å². The van der Waals surface area contributed by atoms with Crippen LogP contribution in [0.3, 0.4) is 0 Å². The maximum Gasteiger partial charge on any atom is 0.326 e. The zero-order valence-electron chi connectivity index (χ0n) is 14.0. The minimum absolute atomic E-state index is 0.0163. The number of aliphatic carboxylic acids is 1. The van der Waals surface area contributed by atoms with Gasteiger partial charge in [-0.05, 0) is 36.5 Å². The van der Waals surface area contributed by atoms with Gasteiger partial charge in [-0.25, -0.2) is 4.79 Å². The molecule has 0 aliphatic heterocycles. The molecule has 1 atom stereocenters. The molecule has 0 saturated heterocycles. The van der Waals surface area contributed by atoms with Crippen LogP contribution < -0.4 is 10.6 Å². The molecule has 1 unspecified atom stereocenters. The van der Waals surface area contributed by atoms with Crippen LogP contribution in [-0.4, -0.2) is 36.0 Å². The van der Waals surface area contributed by atoms with Crippen molar-refractivity contribution in [1.29, 1.82) is 0 Å². The number of carboxylic acids is 1. The third-order valence-corrected chi connectivity index (χ3v) is 3.40. The molecule has 6 nitrogen and oxygen atoms in total. The molecule has 0 saturated carbocycles. The number of carbonyl (C=O) groups excluding carboxylic acids is 2. The van der Waals surface area contributed by atoms with Crippen LogP contribution in [0.25, 0.3) is 0 Å². The fourth-order valence-electron chi connectivity index (χ4n) is 2.02. The first-order valence-corrected chi connectivity index (χ1v) is 7.50. The lowest BCUT2D eigenvalue weighted by molar-refractivity contribution is -0.139. The minimum Gasteiger partial charge on any atom is -0.480 e. The summed E-state index contributed by atoms with van der Waals surface area (Å²) in [7, 11) is 1.50. The second-order valence-electron chi connectivity index (χ2n) is 6.62. The second kappa shape index (κ2) is 7.76. The lowest BCUT2D eigenvalue weighted by Gasteiger charge is -2.21. The molecule has 0 spiro atoms. The van der Waals surface area contributed by atoms with Crippen molar-refractivity contribution in [3.8, 4) is 0 Å². The van der Waals surface area contributed by atoms with Gasteiger partial charge in [0.05, 0.1) is 0 Å². The third kappa shape index (κ3) is 6.10. The maximum atomic E-state index is 12.2. The van der Waals surface area contributed by atoms with Crippen LogP contribution in [0.1, 0.15) is 54.3 Å². The van der Waals surface area contributed by atoms with Crippen LogP contribution in [0.15, 0.2) is 24.3 Å². The Balaban J connectivity index is 2.83. The predicted molar refractivity (Wildman–Crippen MR) is 87.4 cm³/mol. The summed E-state index contributed by atoms with van der Waals surface area (Å²) in [4.78, 5) is 35.2. The average Bonchev–Trinajstić information content (AvgIpc) is 2.49. The van der Waals surface area contributed by atoms with Crippen LogP contribution in [-0.2, 0) is 4.79 Å². The summed E-state index contributed by atoms with van der Waals surface area (Å²) in [6.45, 7) is 6.04. The molecule has 1 rings (SSSR count). The summed E-state index contributed by atoms with van der Waals surface area (Å²) in [5.41, 5.74) is 0.590. The molecule has 1 aromatic rings. The minimum atomic E-state index is -1.06. The monoisotopic (exact) mass is 320 g/mol. The molecular formula is C17H24N2O4. The quantitative estimate of drug-likeness (QED) is 0.747. The Morgan fingerprint density at radius 1 is 1.13 bits per heavy atom. The Morgan fingerprint density at radius 2 is 1.70 bits per heavy atom. The molecule has 126 valence electrons. The van der Waals surface area contributed by atoms with Crippen molar-refractivity contribution in [1.82, 2.24) is 10.6 Å². The van der Waals surface area contributed by atoms with Crippen LogP contribution in [0.5, 0.6) is 0 Å². The number of hydrogen-bond acceptors (Lipinski definition) is 3. The summed E-state index contributed by atoms with van der Waals surface area (Å²) in [6, 6.07) is 5.21. The number of benzene rings is 1. The molecule has 0 aromatic heterocycles. The van der Waals surface area contributed by atoms with E-state index in [0.717, 1.165) is 0 Å². The van der Waals surface area contributed by atoms with Gasteiger partial charge in [-0.3, -0.25) is 9.59 Å². The molecular weight excluding hydrogens is 296 g/mol. The first-order valence-electron chi connectivity index (χ1n) is 7.50. The SMILES string of the molecule is CNC(=O)c1cccc(C(=O)NC(CCC(C)(C)C)C(=O)O)c1. The molecule has 2 amide bonds. The molecule has 0 aliphatic rings. The maximum absolute atomic E-state index is 12.2. The van der Waals surface area contributed by atoms with Crippen LogP contribution >= 0.6 is 0 Å². The Morgan fingerprint density at radius 3 is 2.17 bits per heavy atom. The highest BCUT2D eigenvalue weighted by Crippen LogP contribution is 2.21. The van der Waals surface area contributed by atoms with Gasteiger partial charge in [-0.15, -0.1) is 0 Å². The fraction of sp³-hybridized carbons (Fsp3) is 0.471. The number of hydrogen-bond donors (Lipinski definition) is 3. The van der Waals surface area contributed by atoms with Crippen LogP contribution in [0.4, 0.5) is 0 Å². The van der Waals surface area contributed by atoms with Gasteiger partial charge in [-0.1, -0.05) is 26.8 Å². The third-order valence-electron chi connectivity index (χ3n) is 3.40. The number of rotatable bonds is 6. The van der Waals surface area contributed by atoms with E-state index in [-0.39, 0.29) is 16.9 Å². The summed E-state index contributed by atoms with van der Waals surface area (Å²) in [5.74, 6) is -1.87. The van der Waals surface area contributed by atoms with Gasteiger partial charge in [-0.2, -0.15) is 0 Å². The molecule has 0 heterocycles. The summed E-state index contributed by atoms with van der Waals surface area (Å²) < 4.78 is 0. The number of nitrogens with one attached hydrogen (secondary N) is 2. The smallest absolute Gasteiger partial charge is 0.326 e. The molecule has 0 radical (unpaired) electrons. The van der Waals surface area contributed by atoms with Gasteiger partial charge in [0, 0.05) is 18.2 Å². The molecule has 0 fully saturated rings. The molecule has 3 N–H and O–H groups in total. The number of carbonyl (C=O) groups is 3. The van der Waals surface area contributed by atoms with Crippen molar-refractivity contribution in [2.45, 2.75) is 39.7 Å². The topological polar surface area (TPSA) is 95.5 Å². The first kappa shape index (κ1) is 18.7. The zero-order valence-corrected chi connectivity index (χ0v) is 14.0. The molecule has 0 bridgehead atoms. The van der Waals surface area contributed by atoms with Crippen molar-refractivity contribution in [3.63, 3.8) is 0 Å². The fourth-order valence-corrected chi connectivity index (χ4v) is 2.02. The summed E-state index contributed by atoms with van der Waals surface area (Å²) >= 11 is 0. The molecule has 6 heteroatoms. The van der Waals surface area contributed by atoms with Crippen molar-refractivity contribution < 1.29 is 19.5 Å². The van der Waals surface area contributed by atoms with E-state index in [0.29, 0.717) is 18.4 Å². The number of amides is 2. The van der Waals surface area contributed by atoms with Crippen molar-refractivity contribution in [2.24, 2.45) is 5.41 Å². The van der Waals surface area contributed by atoms with E-state index in [1.165, 1.54) is 13.1 Å². The Kier molecular flexibility index (Phi) is 6.30. The van der Waals surface area contributed by atoms with E-state index in [1.807, 2.05) is 20.8 Å². The zero-order chi connectivity index (χ0) is 17.6. The highest BCUT2D eigenvalue weighted by atomic mass is 16.4. The molecule has 0 aliphatic carbocycles. The van der Waals surface area contributed by atoms with Gasteiger partial charge < -0.3 is 15.7 Å². The van der Waals surface area contributed by atoms with E-state index < -0.39 is 17.9 Å². The highest BCUT2D eigenvalue weighted by Gasteiger charge is 2.23. The predicted octanol–water partition coefficient (Wildman–Crippen LogP) is 2.06. The Bertz CT molecular complexity index is 591. The second-order valence-corrected chi connectivity index (χ2v) is 6.62. The van der Waals surface area contributed by atoms with Crippen molar-refractivity contribution >= 4 is 17.8 Å². The van der Waals surface area contributed by atoms with Gasteiger partial charge in [0.25, 0.3) is 11.8 Å². The van der Waals surface area contributed by atoms with Crippen LogP contribution in [0.2, 0.25) is 0 Å². The molecule has 1 aromatic carbocycles. The largest absolute Gasteiger partial charge is 0.480 e. The van der Waals surface area contributed by atoms with Crippen LogP contribution in [0, 0.1) is 5.41 Å². The first-order chi connectivity index (χ1) is 10.6. The normalized spacial score (nSPS) is 12.3. The lowest BCUT2D eigenvalue weighted by Crippen LogP contribution is -2.41. The van der Waals surface area contributed by atoms with E-state index >= 15 is 0 Å². The van der Waals surface area contributed by atoms with Gasteiger partial charge >= 0.3 is 5.97 Å². The van der Waals surface area contributed by atoms with E-state index in [2.05, 4.69) is 10.6 Å². The summed E-state index contributed by atoms with van der Waals surface area (Å²) in [6.07, 6.45) is 1.02. The van der Waals surface area contributed by atoms with Crippen molar-refractivity contribution in [3.05, 3.63) is 35.4 Å². The van der Waals surface area contributed by atoms with E-state index in [1.54, 1.807) is 18.2 Å². The summed E-state index contributed by atoms with van der Waals surface area (Å²) in [5, 5.41) is 14.3. The van der Waals surface area contributed by atoms with Gasteiger partial charge in [0.2, 0.25) is 0 Å². The number of carboxylic acid groups (broad SMARTS) is 1. The lowest BCUT2D eigenvalue weighted by atomic mass is 9.88. The standard InChI is InChI=1S/C17H24N2O4/c1-17(2,3)9-8-13(16(22)23)19-15(21)12-7-5-6-11(10-12)14(20)18-4/h5-7,10,13H,8-9H2,1-4H3,(H,18,20)(H,19,21)(H,22,23). The Hall–Kier alpha value is -2.37. The van der Waals surface area contributed by atoms with Gasteiger partial charge in [0.15, 0.2) is 0 Å².